The van der Waals surface area contributed by atoms with Crippen LogP contribution < -0.4 is 16.2 Å². The van der Waals surface area contributed by atoms with Crippen molar-refractivity contribution >= 4 is 23.5 Å². The van der Waals surface area contributed by atoms with E-state index in [1.807, 2.05) is 0 Å². The Morgan fingerprint density at radius 3 is 2.95 bits per heavy atom. The highest BCUT2D eigenvalue weighted by molar-refractivity contribution is 8.03. The summed E-state index contributed by atoms with van der Waals surface area (Å²) < 4.78 is 19.6. The molecule has 3 heterocycles. The Bertz CT molecular complexity index is 698. The minimum atomic E-state index is -1.78. The number of thioether (sulfide) groups is 1. The van der Waals surface area contributed by atoms with Crippen molar-refractivity contribution in [3.8, 4) is 0 Å². The van der Waals surface area contributed by atoms with Gasteiger partial charge < -0.3 is 20.7 Å². The molecule has 0 saturated carbocycles. The maximum absolute atomic E-state index is 14.1. The normalized spacial score (nSPS) is 34.3. The van der Waals surface area contributed by atoms with Crippen LogP contribution in [0, 0.1) is 0 Å². The van der Waals surface area contributed by atoms with E-state index >= 15 is 0 Å². The zero-order valence-corrected chi connectivity index (χ0v) is 12.4. The molecule has 2 aliphatic heterocycles. The number of nitrogens with one attached hydrogen (secondary N) is 1. The van der Waals surface area contributed by atoms with Crippen LogP contribution >= 0.6 is 11.8 Å². The van der Waals surface area contributed by atoms with Gasteiger partial charge in [-0.25, -0.2) is 4.39 Å². The highest BCUT2D eigenvalue weighted by atomic mass is 32.2. The molecule has 0 aromatic carbocycles. The van der Waals surface area contributed by atoms with Gasteiger partial charge in [-0.15, -0.1) is 0 Å². The highest BCUT2D eigenvalue weighted by Crippen LogP contribution is 2.49. The Balaban J connectivity index is 2.11. The summed E-state index contributed by atoms with van der Waals surface area (Å²) in [7, 11) is 0. The second-order valence-electron chi connectivity index (χ2n) is 5.22. The van der Waals surface area contributed by atoms with Crippen LogP contribution in [0.2, 0.25) is 0 Å². The van der Waals surface area contributed by atoms with Crippen molar-refractivity contribution in [3.63, 3.8) is 0 Å². The van der Waals surface area contributed by atoms with Crippen molar-refractivity contribution in [3.05, 3.63) is 22.0 Å². The summed E-state index contributed by atoms with van der Waals surface area (Å²) in [5.74, 6) is 0.0271. The Hall–Kier alpha value is -1.62. The molecule has 1 fully saturated rings. The molecule has 0 aliphatic carbocycles. The average molecular weight is 330 g/mol. The van der Waals surface area contributed by atoms with Crippen molar-refractivity contribution in [2.24, 2.45) is 0 Å². The summed E-state index contributed by atoms with van der Waals surface area (Å²) in [5, 5.41) is 19.7. The number of halogens is 1. The number of nitrogens with zero attached hydrogens (tertiary/aromatic N) is 2. The second-order valence-corrected chi connectivity index (χ2v) is 6.30. The lowest BCUT2D eigenvalue weighted by molar-refractivity contribution is -0.0771. The van der Waals surface area contributed by atoms with Gasteiger partial charge in [0.05, 0.1) is 11.6 Å². The van der Waals surface area contributed by atoms with Crippen molar-refractivity contribution in [1.29, 1.82) is 0 Å². The van der Waals surface area contributed by atoms with E-state index in [4.69, 9.17) is 15.6 Å². The molecular weight excluding hydrogens is 315 g/mol. The fourth-order valence-corrected chi connectivity index (χ4v) is 3.68. The fraction of sp³-hybridized carbons (Fsp3) is 0.500. The summed E-state index contributed by atoms with van der Waals surface area (Å²) in [6.07, 6.45) is -4.52. The molecular formula is C12H15FN4O4S. The first kappa shape index (κ1) is 15.3. The van der Waals surface area contributed by atoms with Crippen molar-refractivity contribution < 1.29 is 19.3 Å². The van der Waals surface area contributed by atoms with E-state index < -0.39 is 36.3 Å². The number of anilines is 2. The molecule has 0 radical (unpaired) electrons. The molecule has 120 valence electrons. The molecule has 22 heavy (non-hydrogen) atoms. The number of nitrogen functional groups attached to an aromatic ring is 1. The molecule has 0 bridgehead atoms. The summed E-state index contributed by atoms with van der Waals surface area (Å²) in [6.45, 7) is 4.66. The van der Waals surface area contributed by atoms with Gasteiger partial charge in [0.2, 0.25) is 5.95 Å². The van der Waals surface area contributed by atoms with Crippen molar-refractivity contribution in [2.45, 2.75) is 35.9 Å². The number of hydrogen-bond acceptors (Lipinski definition) is 8. The molecule has 0 unspecified atom stereocenters. The molecule has 10 heteroatoms. The van der Waals surface area contributed by atoms with Gasteiger partial charge >= 0.3 is 0 Å². The topological polar surface area (TPSA) is 125 Å². The van der Waals surface area contributed by atoms with Crippen LogP contribution in [0.15, 0.2) is 21.3 Å². The van der Waals surface area contributed by atoms with E-state index in [1.165, 1.54) is 11.8 Å². The van der Waals surface area contributed by atoms with Crippen LogP contribution in [-0.2, 0) is 4.74 Å². The molecule has 1 aromatic heterocycles. The number of hydrogen-bond donors (Lipinski definition) is 4. The number of aromatic amines is 1. The lowest BCUT2D eigenvalue weighted by atomic mass is 10.0. The lowest BCUT2D eigenvalue weighted by Crippen LogP contribution is -2.53. The third-order valence-electron chi connectivity index (χ3n) is 3.78. The predicted octanol–water partition coefficient (Wildman–Crippen LogP) is -0.458. The molecule has 8 nitrogen and oxygen atoms in total. The van der Waals surface area contributed by atoms with E-state index in [-0.39, 0.29) is 16.7 Å². The summed E-state index contributed by atoms with van der Waals surface area (Å²) in [5.41, 5.74) is 3.53. The van der Waals surface area contributed by atoms with Crippen LogP contribution in [0.4, 0.5) is 16.2 Å². The van der Waals surface area contributed by atoms with Gasteiger partial charge in [-0.05, 0) is 6.92 Å². The van der Waals surface area contributed by atoms with Crippen LogP contribution in [0.25, 0.3) is 0 Å². The van der Waals surface area contributed by atoms with Crippen LogP contribution in [0.3, 0.4) is 0 Å². The zero-order chi connectivity index (χ0) is 16.2. The molecule has 0 amide bonds. The van der Waals surface area contributed by atoms with E-state index in [2.05, 4.69) is 16.5 Å². The number of aliphatic hydroxyl groups excluding tert-OH is 2. The Morgan fingerprint density at radius 2 is 2.36 bits per heavy atom. The van der Waals surface area contributed by atoms with Crippen LogP contribution in [-0.4, -0.2) is 50.9 Å². The number of alkyl halides is 1. The molecule has 4 atom stereocenters. The van der Waals surface area contributed by atoms with Crippen LogP contribution in [0.5, 0.6) is 0 Å². The largest absolute Gasteiger partial charge is 0.394 e. The zero-order valence-electron chi connectivity index (χ0n) is 11.6. The van der Waals surface area contributed by atoms with Gasteiger partial charge in [0, 0.05) is 0 Å². The summed E-state index contributed by atoms with van der Waals surface area (Å²) in [4.78, 5) is 19.9. The van der Waals surface area contributed by atoms with Gasteiger partial charge in [0.15, 0.2) is 17.7 Å². The first-order valence-corrected chi connectivity index (χ1v) is 7.29. The van der Waals surface area contributed by atoms with Gasteiger partial charge in [-0.2, -0.15) is 4.98 Å². The SMILES string of the molecule is C=C1Sc2c(nc(N)[nH]c2=O)N1[C@]1(C)O[C@H](CO)[C@H](F)[C@H]1O. The molecule has 3 rings (SSSR count). The standard InChI is InChI=1S/C12H15FN4O4S/c1-4-17(9-7(22-4)10(20)16-11(14)15-9)12(2)8(19)6(13)5(3-18)21-12/h5-6,8,18-19H,1,3H2,2H3,(H3,14,15,16,20)/t5-,6+,8-,12-/m1/s1. The average Bonchev–Trinajstić information content (AvgIpc) is 2.89. The summed E-state index contributed by atoms with van der Waals surface area (Å²) in [6, 6.07) is 0. The van der Waals surface area contributed by atoms with Gasteiger partial charge in [0.1, 0.15) is 17.1 Å². The number of fused-ring (bicyclic) bond motifs is 1. The monoisotopic (exact) mass is 330 g/mol. The predicted molar refractivity (Wildman–Crippen MR) is 78.0 cm³/mol. The van der Waals surface area contributed by atoms with Gasteiger partial charge in [-0.3, -0.25) is 14.7 Å². The van der Waals surface area contributed by atoms with E-state index in [9.17, 15) is 14.3 Å². The number of aromatic nitrogens is 2. The minimum absolute atomic E-state index is 0.115. The summed E-state index contributed by atoms with van der Waals surface area (Å²) >= 11 is 1.03. The Morgan fingerprint density at radius 1 is 1.68 bits per heavy atom. The fourth-order valence-electron chi connectivity index (χ4n) is 2.71. The lowest BCUT2D eigenvalue weighted by Gasteiger charge is -2.38. The van der Waals surface area contributed by atoms with Crippen LogP contribution in [0.1, 0.15) is 6.92 Å². The number of ether oxygens (including phenoxy) is 1. The van der Waals surface area contributed by atoms with E-state index in [0.29, 0.717) is 5.03 Å². The molecule has 5 N–H and O–H groups in total. The number of aliphatic hydroxyl groups is 2. The van der Waals surface area contributed by atoms with E-state index in [1.54, 1.807) is 0 Å². The van der Waals surface area contributed by atoms with E-state index in [0.717, 1.165) is 11.8 Å². The molecule has 0 spiro atoms. The second kappa shape index (κ2) is 4.95. The number of H-pyrrole nitrogens is 1. The van der Waals surface area contributed by atoms with Gasteiger partial charge in [-0.1, -0.05) is 18.3 Å². The number of nitrogens with two attached hydrogens (primary N) is 1. The first-order valence-electron chi connectivity index (χ1n) is 6.47. The van der Waals surface area contributed by atoms with Crippen molar-refractivity contribution in [2.75, 3.05) is 17.2 Å². The Labute approximate surface area is 128 Å². The quantitative estimate of drug-likeness (QED) is 0.574. The molecule has 1 saturated heterocycles. The first-order chi connectivity index (χ1) is 10.3. The van der Waals surface area contributed by atoms with Gasteiger partial charge in [0.25, 0.3) is 5.56 Å². The molecule has 1 aromatic rings. The Kier molecular flexibility index (Phi) is 3.44. The third kappa shape index (κ3) is 1.95. The maximum atomic E-state index is 14.1. The minimum Gasteiger partial charge on any atom is -0.394 e. The smallest absolute Gasteiger partial charge is 0.268 e. The highest BCUT2D eigenvalue weighted by Gasteiger charge is 2.58. The third-order valence-corrected chi connectivity index (χ3v) is 4.77. The molecule has 2 aliphatic rings. The number of rotatable bonds is 2. The van der Waals surface area contributed by atoms with Crippen molar-refractivity contribution in [1.82, 2.24) is 9.97 Å². The maximum Gasteiger partial charge on any atom is 0.268 e.